The lowest BCUT2D eigenvalue weighted by molar-refractivity contribution is -0.151. The predicted molar refractivity (Wildman–Crippen MR) is 106 cm³/mol. The summed E-state index contributed by atoms with van der Waals surface area (Å²) in [4.78, 5) is 49.1. The molecule has 2 aliphatic rings. The van der Waals surface area contributed by atoms with E-state index >= 15 is 0 Å². The Morgan fingerprint density at radius 2 is 2.17 bits per heavy atom. The number of aryl methyl sites for hydroxylation is 1. The molecule has 29 heavy (non-hydrogen) atoms. The molecule has 3 atom stereocenters. The third kappa shape index (κ3) is 4.04. The van der Waals surface area contributed by atoms with Gasteiger partial charge in [-0.2, -0.15) is 5.10 Å². The van der Waals surface area contributed by atoms with Crippen LogP contribution < -0.4 is 5.32 Å². The van der Waals surface area contributed by atoms with Gasteiger partial charge in [0.2, 0.25) is 5.91 Å². The minimum Gasteiger partial charge on any atom is -0.477 e. The highest BCUT2D eigenvalue weighted by Crippen LogP contribution is 2.40. The standard InChI is InChI=1S/C17H19BrN4O6S/c1-7-11(18)4-21(20-7)8(2)14(24)19-12-15(25)22-13(17(26)27)10(5-28-9(3)23)6-29-16(12)22/h4,8,12,16H,5-6H2,1-3H3,(H,19,24)(H,26,27)/t8-,12+,16-/m1/s1. The van der Waals surface area contributed by atoms with E-state index in [0.717, 1.165) is 15.1 Å². The Hall–Kier alpha value is -2.34. The third-order valence-corrected chi connectivity index (χ3v) is 6.75. The first-order chi connectivity index (χ1) is 13.6. The fraction of sp³-hybridized carbons (Fsp3) is 0.471. The molecule has 0 unspecified atom stereocenters. The van der Waals surface area contributed by atoms with Crippen LogP contribution in [-0.2, 0) is 23.9 Å². The molecule has 3 rings (SSSR count). The van der Waals surface area contributed by atoms with Crippen molar-refractivity contribution in [2.75, 3.05) is 12.4 Å². The molecule has 0 bridgehead atoms. The molecule has 2 amide bonds. The topological polar surface area (TPSA) is 131 Å². The molecule has 10 nitrogen and oxygen atoms in total. The highest BCUT2D eigenvalue weighted by atomic mass is 79.9. The average molecular weight is 487 g/mol. The van der Waals surface area contributed by atoms with Crippen LogP contribution in [0.5, 0.6) is 0 Å². The molecule has 3 heterocycles. The van der Waals surface area contributed by atoms with Gasteiger partial charge in [0, 0.05) is 24.4 Å². The molecule has 1 aromatic rings. The van der Waals surface area contributed by atoms with E-state index in [1.165, 1.54) is 23.4 Å². The van der Waals surface area contributed by atoms with E-state index in [4.69, 9.17) is 4.74 Å². The molecule has 0 aliphatic carbocycles. The molecular weight excluding hydrogens is 468 g/mol. The Kier molecular flexibility index (Phi) is 6.03. The number of carbonyl (C=O) groups excluding carboxylic acids is 3. The van der Waals surface area contributed by atoms with Crippen LogP contribution in [0.2, 0.25) is 0 Å². The van der Waals surface area contributed by atoms with E-state index < -0.39 is 41.2 Å². The number of nitrogens with one attached hydrogen (secondary N) is 1. The fourth-order valence-corrected chi connectivity index (χ4v) is 4.65. The zero-order valence-corrected chi connectivity index (χ0v) is 18.2. The van der Waals surface area contributed by atoms with Gasteiger partial charge in [-0.25, -0.2) is 4.79 Å². The van der Waals surface area contributed by atoms with Crippen molar-refractivity contribution in [2.24, 2.45) is 0 Å². The number of aromatic nitrogens is 2. The first-order valence-corrected chi connectivity index (χ1v) is 10.5. The summed E-state index contributed by atoms with van der Waals surface area (Å²) < 4.78 is 7.15. The van der Waals surface area contributed by atoms with Gasteiger partial charge in [-0.3, -0.25) is 24.0 Å². The maximum Gasteiger partial charge on any atom is 0.352 e. The quantitative estimate of drug-likeness (QED) is 0.446. The third-order valence-electron chi connectivity index (χ3n) is 4.63. The van der Waals surface area contributed by atoms with E-state index in [0.29, 0.717) is 5.57 Å². The van der Waals surface area contributed by atoms with Gasteiger partial charge >= 0.3 is 11.9 Å². The van der Waals surface area contributed by atoms with E-state index in [2.05, 4.69) is 26.3 Å². The summed E-state index contributed by atoms with van der Waals surface area (Å²) in [7, 11) is 0. The van der Waals surface area contributed by atoms with Crippen LogP contribution in [0.1, 0.15) is 25.6 Å². The zero-order valence-electron chi connectivity index (χ0n) is 15.8. The van der Waals surface area contributed by atoms with Crippen LogP contribution in [-0.4, -0.2) is 67.3 Å². The number of carbonyl (C=O) groups is 4. The van der Waals surface area contributed by atoms with E-state index in [1.54, 1.807) is 20.0 Å². The lowest BCUT2D eigenvalue weighted by Gasteiger charge is -2.49. The predicted octanol–water partition coefficient (Wildman–Crippen LogP) is 0.817. The normalized spacial score (nSPS) is 21.9. The number of rotatable bonds is 6. The van der Waals surface area contributed by atoms with Crippen molar-refractivity contribution in [2.45, 2.75) is 38.2 Å². The monoisotopic (exact) mass is 486 g/mol. The number of hydrogen-bond acceptors (Lipinski definition) is 7. The lowest BCUT2D eigenvalue weighted by atomic mass is 10.0. The summed E-state index contributed by atoms with van der Waals surface area (Å²) in [6, 6.07) is -1.48. The second-order valence-electron chi connectivity index (χ2n) is 6.65. The lowest BCUT2D eigenvalue weighted by Crippen LogP contribution is -2.71. The molecule has 156 valence electrons. The molecule has 1 aromatic heterocycles. The van der Waals surface area contributed by atoms with Crippen LogP contribution >= 0.6 is 27.7 Å². The number of fused-ring (bicyclic) bond motifs is 1. The summed E-state index contributed by atoms with van der Waals surface area (Å²) in [6.45, 7) is 4.48. The number of carboxylic acid groups (broad SMARTS) is 1. The molecule has 0 radical (unpaired) electrons. The van der Waals surface area contributed by atoms with Crippen molar-refractivity contribution in [3.63, 3.8) is 0 Å². The minimum atomic E-state index is -1.28. The van der Waals surface area contributed by atoms with Gasteiger partial charge in [-0.15, -0.1) is 11.8 Å². The molecule has 1 saturated heterocycles. The van der Waals surface area contributed by atoms with E-state index in [-0.39, 0.29) is 18.1 Å². The second kappa shape index (κ2) is 8.19. The number of ether oxygens (including phenoxy) is 1. The second-order valence-corrected chi connectivity index (χ2v) is 8.61. The summed E-state index contributed by atoms with van der Waals surface area (Å²) in [5, 5.41) is 15.9. The van der Waals surface area contributed by atoms with E-state index in [9.17, 15) is 24.3 Å². The van der Waals surface area contributed by atoms with E-state index in [1.807, 2.05) is 0 Å². The van der Waals surface area contributed by atoms with Gasteiger partial charge in [-0.1, -0.05) is 0 Å². The van der Waals surface area contributed by atoms with Crippen LogP contribution in [0.15, 0.2) is 21.9 Å². The van der Waals surface area contributed by atoms with Crippen molar-refractivity contribution in [3.05, 3.63) is 27.6 Å². The summed E-state index contributed by atoms with van der Waals surface area (Å²) >= 11 is 4.65. The smallest absolute Gasteiger partial charge is 0.352 e. The maximum absolute atomic E-state index is 12.6. The minimum absolute atomic E-state index is 0.190. The van der Waals surface area contributed by atoms with Gasteiger partial charge < -0.3 is 15.2 Å². The number of aliphatic carboxylic acids is 1. The van der Waals surface area contributed by atoms with Crippen molar-refractivity contribution >= 4 is 51.4 Å². The van der Waals surface area contributed by atoms with Crippen molar-refractivity contribution < 1.29 is 29.0 Å². The highest BCUT2D eigenvalue weighted by molar-refractivity contribution is 9.10. The van der Waals surface area contributed by atoms with Crippen LogP contribution in [0.25, 0.3) is 0 Å². The zero-order chi connectivity index (χ0) is 21.5. The average Bonchev–Trinajstić information content (AvgIpc) is 3.00. The van der Waals surface area contributed by atoms with Crippen LogP contribution in [0, 0.1) is 6.92 Å². The summed E-state index contributed by atoms with van der Waals surface area (Å²) in [5.74, 6) is -2.45. The number of β-lactam (4-membered cyclic amide) rings is 1. The fourth-order valence-electron chi connectivity index (χ4n) is 3.03. The first kappa shape index (κ1) is 21.4. The summed E-state index contributed by atoms with van der Waals surface area (Å²) in [6.07, 6.45) is 1.68. The Bertz CT molecular complexity index is 910. The Balaban J connectivity index is 1.72. The van der Waals surface area contributed by atoms with Crippen molar-refractivity contribution in [1.29, 1.82) is 0 Å². The molecule has 0 spiro atoms. The number of amides is 2. The largest absolute Gasteiger partial charge is 0.477 e. The molecule has 2 N–H and O–H groups in total. The number of halogens is 1. The summed E-state index contributed by atoms with van der Waals surface area (Å²) in [5.41, 5.74) is 0.886. The highest BCUT2D eigenvalue weighted by Gasteiger charge is 2.54. The van der Waals surface area contributed by atoms with Gasteiger partial charge in [0.15, 0.2) is 0 Å². The van der Waals surface area contributed by atoms with Gasteiger partial charge in [-0.05, 0) is 29.8 Å². The van der Waals surface area contributed by atoms with Crippen LogP contribution in [0.3, 0.4) is 0 Å². The number of hydrogen-bond donors (Lipinski definition) is 2. The number of carboxylic acids is 1. The Morgan fingerprint density at radius 1 is 1.48 bits per heavy atom. The van der Waals surface area contributed by atoms with Gasteiger partial charge in [0.05, 0.1) is 10.2 Å². The molecule has 1 fully saturated rings. The molecule has 12 heteroatoms. The molecule has 2 aliphatic heterocycles. The SMILES string of the molecule is CC(=O)OCC1=C(C(=O)O)N2C(=O)[C@H](NC(=O)[C@@H](C)n3cc(Br)c(C)n3)[C@H]2SC1. The Labute approximate surface area is 178 Å². The number of thioether (sulfide) groups is 1. The first-order valence-electron chi connectivity index (χ1n) is 8.66. The van der Waals surface area contributed by atoms with Gasteiger partial charge in [0.25, 0.3) is 5.91 Å². The van der Waals surface area contributed by atoms with Crippen molar-refractivity contribution in [3.8, 4) is 0 Å². The maximum atomic E-state index is 12.6. The van der Waals surface area contributed by atoms with Crippen LogP contribution in [0.4, 0.5) is 0 Å². The molecular formula is C17H19BrN4O6S. The number of esters is 1. The Morgan fingerprint density at radius 3 is 2.72 bits per heavy atom. The van der Waals surface area contributed by atoms with Gasteiger partial charge in [0.1, 0.15) is 29.8 Å². The number of nitrogens with zero attached hydrogens (tertiary/aromatic N) is 3. The molecule has 0 saturated carbocycles. The van der Waals surface area contributed by atoms with Crippen molar-refractivity contribution in [1.82, 2.24) is 20.0 Å². The molecule has 0 aromatic carbocycles.